The zero-order valence-corrected chi connectivity index (χ0v) is 11.5. The molecule has 0 unspecified atom stereocenters. The lowest BCUT2D eigenvalue weighted by molar-refractivity contribution is 0.0984. The summed E-state index contributed by atoms with van der Waals surface area (Å²) in [6, 6.07) is 0. The van der Waals surface area contributed by atoms with E-state index in [1.54, 1.807) is 31.4 Å². The molecule has 0 saturated carbocycles. The molecule has 0 aliphatic carbocycles. The van der Waals surface area contributed by atoms with Crippen LogP contribution in [0.1, 0.15) is 23.2 Å². The third-order valence-corrected chi connectivity index (χ3v) is 3.62. The van der Waals surface area contributed by atoms with Gasteiger partial charge in [-0.3, -0.25) is 4.79 Å². The van der Waals surface area contributed by atoms with Crippen molar-refractivity contribution in [1.29, 1.82) is 0 Å². The van der Waals surface area contributed by atoms with E-state index in [0.717, 1.165) is 10.9 Å². The summed E-state index contributed by atoms with van der Waals surface area (Å²) in [4.78, 5) is 12.1. The molecule has 0 aliphatic rings. The molecular weight excluding hydrogens is 234 g/mol. The Kier molecular flexibility index (Phi) is 4.93. The van der Waals surface area contributed by atoms with Crippen LogP contribution in [0, 0.1) is 5.82 Å². The number of rotatable bonds is 4. The maximum absolute atomic E-state index is 13.8. The Bertz CT molecular complexity index is 435. The summed E-state index contributed by atoms with van der Waals surface area (Å²) in [5, 5.41) is 0. The van der Waals surface area contributed by atoms with Gasteiger partial charge >= 0.3 is 0 Å². The first-order valence-corrected chi connectivity index (χ1v) is 6.30. The number of alkyl halides is 1. The minimum atomic E-state index is -0.200. The monoisotopic (exact) mass is 248 g/mol. The highest BCUT2D eigenvalue weighted by molar-refractivity contribution is 6.59. The first-order chi connectivity index (χ1) is 7.91. The number of Topliss-reactive ketones (excluding diaryl/α,β-unsaturated/α-hetero) is 1. The van der Waals surface area contributed by atoms with Gasteiger partial charge in [0.1, 0.15) is 37.2 Å². The maximum atomic E-state index is 13.8. The Hall–Kier alpha value is -0.630. The average Bonchev–Trinajstić information content (AvgIpc) is 2.31. The van der Waals surface area contributed by atoms with Crippen LogP contribution in [-0.2, 0) is 0 Å². The molecule has 0 saturated heterocycles. The van der Waals surface area contributed by atoms with E-state index in [2.05, 4.69) is 0 Å². The molecule has 1 nitrogen and oxygen atoms in total. The lowest BCUT2D eigenvalue weighted by atomic mass is 9.66. The summed E-state index contributed by atoms with van der Waals surface area (Å²) >= 11 is 5.59. The summed E-state index contributed by atoms with van der Waals surface area (Å²) in [5.41, 5.74) is 3.33. The SMILES string of the molecule is Bc1c(B)c(C(=O)CCCCl)c(B)c(B)c1F. The largest absolute Gasteiger partial charge is 0.294 e. The van der Waals surface area contributed by atoms with Gasteiger partial charge in [0.05, 0.1) is 0 Å². The van der Waals surface area contributed by atoms with Gasteiger partial charge in [0.2, 0.25) is 0 Å². The van der Waals surface area contributed by atoms with E-state index in [0.29, 0.717) is 35.2 Å². The van der Waals surface area contributed by atoms with Crippen molar-refractivity contribution >= 4 is 70.6 Å². The topological polar surface area (TPSA) is 17.1 Å². The molecule has 1 rings (SSSR count). The first kappa shape index (κ1) is 14.4. The van der Waals surface area contributed by atoms with Crippen molar-refractivity contribution in [3.05, 3.63) is 11.4 Å². The molecular formula is C10H14B4ClFO. The van der Waals surface area contributed by atoms with Crippen LogP contribution in [0.2, 0.25) is 0 Å². The van der Waals surface area contributed by atoms with Crippen molar-refractivity contribution in [1.82, 2.24) is 0 Å². The quantitative estimate of drug-likeness (QED) is 0.302. The molecule has 0 aromatic heterocycles. The summed E-state index contributed by atoms with van der Waals surface area (Å²) in [7, 11) is 7.04. The summed E-state index contributed by atoms with van der Waals surface area (Å²) in [6.07, 6.45) is 1.09. The first-order valence-electron chi connectivity index (χ1n) is 5.76. The minimum absolute atomic E-state index is 0.0619. The van der Waals surface area contributed by atoms with Crippen molar-refractivity contribution in [2.45, 2.75) is 12.8 Å². The lowest BCUT2D eigenvalue weighted by Gasteiger charge is -2.16. The van der Waals surface area contributed by atoms with Crippen LogP contribution in [0.3, 0.4) is 0 Å². The van der Waals surface area contributed by atoms with Gasteiger partial charge in [-0.05, 0) is 6.42 Å². The fourth-order valence-electron chi connectivity index (χ4n) is 2.04. The summed E-state index contributed by atoms with van der Waals surface area (Å²) in [5.74, 6) is 0.337. The molecule has 0 aliphatic heterocycles. The zero-order valence-electron chi connectivity index (χ0n) is 10.8. The molecule has 0 heterocycles. The predicted octanol–water partition coefficient (Wildman–Crippen LogP) is -3.94. The molecule has 17 heavy (non-hydrogen) atoms. The zero-order chi connectivity index (χ0) is 13.2. The molecule has 0 spiro atoms. The van der Waals surface area contributed by atoms with Crippen LogP contribution in [0.4, 0.5) is 4.39 Å². The fraction of sp³-hybridized carbons (Fsp3) is 0.300. The van der Waals surface area contributed by atoms with Crippen molar-refractivity contribution in [3.8, 4) is 0 Å². The standard InChI is InChI=1S/C10H14B4ClFO/c11-6-5(4(17)2-1-3-15)7(12)9(14)10(16)8(6)13/h1-3,11-14H2. The molecule has 86 valence electrons. The lowest BCUT2D eigenvalue weighted by Crippen LogP contribution is -2.48. The van der Waals surface area contributed by atoms with Gasteiger partial charge in [0, 0.05) is 17.9 Å². The predicted molar refractivity (Wildman–Crippen MR) is 83.4 cm³/mol. The fourth-order valence-corrected chi connectivity index (χ4v) is 2.17. The van der Waals surface area contributed by atoms with Gasteiger partial charge in [0.15, 0.2) is 5.78 Å². The second-order valence-corrected chi connectivity index (χ2v) is 4.78. The van der Waals surface area contributed by atoms with Gasteiger partial charge in [-0.15, -0.1) is 11.6 Å². The second kappa shape index (κ2) is 5.81. The van der Waals surface area contributed by atoms with Crippen LogP contribution in [0.15, 0.2) is 0 Å². The molecule has 0 fully saturated rings. The van der Waals surface area contributed by atoms with Gasteiger partial charge in [0.25, 0.3) is 0 Å². The Morgan fingerprint density at radius 2 is 1.53 bits per heavy atom. The number of hydrogen-bond acceptors (Lipinski definition) is 1. The average molecular weight is 248 g/mol. The summed E-state index contributed by atoms with van der Waals surface area (Å²) < 4.78 is 13.8. The molecule has 0 amide bonds. The highest BCUT2D eigenvalue weighted by Gasteiger charge is 2.18. The Morgan fingerprint density at radius 1 is 1.06 bits per heavy atom. The molecule has 0 atom stereocenters. The number of benzene rings is 1. The third kappa shape index (κ3) is 2.79. The van der Waals surface area contributed by atoms with E-state index in [1.165, 1.54) is 0 Å². The number of hydrogen-bond donors (Lipinski definition) is 0. The molecule has 1 aromatic carbocycles. The Balaban J connectivity index is 3.29. The van der Waals surface area contributed by atoms with Gasteiger partial charge < -0.3 is 0 Å². The highest BCUT2D eigenvalue weighted by atomic mass is 35.5. The van der Waals surface area contributed by atoms with E-state index in [1.807, 2.05) is 0 Å². The van der Waals surface area contributed by atoms with Crippen LogP contribution in [-0.4, -0.2) is 43.0 Å². The van der Waals surface area contributed by atoms with Crippen molar-refractivity contribution in [3.63, 3.8) is 0 Å². The number of carbonyl (C=O) groups excluding carboxylic acids is 1. The highest BCUT2D eigenvalue weighted by Crippen LogP contribution is 2.01. The number of carbonyl (C=O) groups is 1. The van der Waals surface area contributed by atoms with Gasteiger partial charge in [-0.2, -0.15) is 0 Å². The molecule has 0 N–H and O–H groups in total. The van der Waals surface area contributed by atoms with Crippen molar-refractivity contribution in [2.75, 3.05) is 5.88 Å². The minimum Gasteiger partial charge on any atom is -0.294 e. The van der Waals surface area contributed by atoms with Crippen LogP contribution < -0.4 is 21.9 Å². The number of halogens is 2. The normalized spacial score (nSPS) is 10.5. The van der Waals surface area contributed by atoms with Crippen LogP contribution >= 0.6 is 11.6 Å². The van der Waals surface area contributed by atoms with E-state index in [9.17, 15) is 9.18 Å². The Morgan fingerprint density at radius 3 is 1.94 bits per heavy atom. The molecule has 7 heteroatoms. The second-order valence-electron chi connectivity index (χ2n) is 4.40. The van der Waals surface area contributed by atoms with Gasteiger partial charge in [-0.25, -0.2) is 4.39 Å². The smallest absolute Gasteiger partial charge is 0.161 e. The molecule has 0 radical (unpaired) electrons. The van der Waals surface area contributed by atoms with E-state index in [-0.39, 0.29) is 11.6 Å². The van der Waals surface area contributed by atoms with Crippen LogP contribution in [0.5, 0.6) is 0 Å². The van der Waals surface area contributed by atoms with Crippen molar-refractivity contribution in [2.24, 2.45) is 0 Å². The molecule has 0 bridgehead atoms. The van der Waals surface area contributed by atoms with E-state index in [4.69, 9.17) is 11.6 Å². The van der Waals surface area contributed by atoms with Crippen molar-refractivity contribution < 1.29 is 9.18 Å². The third-order valence-electron chi connectivity index (χ3n) is 3.35. The van der Waals surface area contributed by atoms with E-state index < -0.39 is 0 Å². The van der Waals surface area contributed by atoms with Crippen LogP contribution in [0.25, 0.3) is 0 Å². The number of ketones is 1. The Labute approximate surface area is 110 Å². The van der Waals surface area contributed by atoms with E-state index >= 15 is 0 Å². The molecule has 1 aromatic rings. The van der Waals surface area contributed by atoms with Gasteiger partial charge in [-0.1, -0.05) is 21.9 Å². The summed E-state index contributed by atoms with van der Waals surface area (Å²) in [6.45, 7) is 0. The maximum Gasteiger partial charge on any atom is 0.161 e.